The topological polar surface area (TPSA) is 85.1 Å². The largest absolute Gasteiger partial charge is 0.322 e. The van der Waals surface area contributed by atoms with Gasteiger partial charge in [-0.25, -0.2) is 4.98 Å². The standard InChI is InChI=1S/C17H13N3O3S/c1-11-18-15-8-5-13(10-16(15)24-11)19-17(21)9-4-12-2-6-14(7-3-12)20(22)23/h2-10H,1H3,(H,19,21)/b9-4+. The molecule has 120 valence electrons. The van der Waals surface area contributed by atoms with Gasteiger partial charge in [-0.2, -0.15) is 0 Å². The first-order chi connectivity index (χ1) is 11.5. The highest BCUT2D eigenvalue weighted by Crippen LogP contribution is 2.24. The van der Waals surface area contributed by atoms with E-state index in [-0.39, 0.29) is 11.6 Å². The van der Waals surface area contributed by atoms with Crippen molar-refractivity contribution in [3.63, 3.8) is 0 Å². The molecule has 6 nitrogen and oxygen atoms in total. The zero-order chi connectivity index (χ0) is 17.1. The Morgan fingerprint density at radius 3 is 2.71 bits per heavy atom. The molecule has 3 rings (SSSR count). The Hall–Kier alpha value is -3.06. The quantitative estimate of drug-likeness (QED) is 0.439. The molecule has 0 bridgehead atoms. The zero-order valence-electron chi connectivity index (χ0n) is 12.7. The molecule has 1 N–H and O–H groups in total. The van der Waals surface area contributed by atoms with E-state index in [4.69, 9.17) is 0 Å². The summed E-state index contributed by atoms with van der Waals surface area (Å²) in [6.07, 6.45) is 3.00. The van der Waals surface area contributed by atoms with Crippen molar-refractivity contribution in [3.05, 3.63) is 69.2 Å². The van der Waals surface area contributed by atoms with Crippen LogP contribution in [-0.4, -0.2) is 15.8 Å². The summed E-state index contributed by atoms with van der Waals surface area (Å²) in [6, 6.07) is 11.5. The lowest BCUT2D eigenvalue weighted by molar-refractivity contribution is -0.384. The van der Waals surface area contributed by atoms with Crippen LogP contribution in [0, 0.1) is 17.0 Å². The smallest absolute Gasteiger partial charge is 0.269 e. The van der Waals surface area contributed by atoms with Gasteiger partial charge in [0, 0.05) is 23.9 Å². The van der Waals surface area contributed by atoms with Crippen LogP contribution in [0.4, 0.5) is 11.4 Å². The van der Waals surface area contributed by atoms with E-state index in [2.05, 4.69) is 10.3 Å². The number of nitro benzene ring substituents is 1. The molecule has 0 radical (unpaired) electrons. The summed E-state index contributed by atoms with van der Waals surface area (Å²) in [4.78, 5) is 26.5. The van der Waals surface area contributed by atoms with Crippen molar-refractivity contribution in [2.45, 2.75) is 6.92 Å². The number of aryl methyl sites for hydroxylation is 1. The second-order valence-electron chi connectivity index (χ2n) is 5.09. The molecular formula is C17H13N3O3S. The monoisotopic (exact) mass is 339 g/mol. The number of hydrogen-bond donors (Lipinski definition) is 1. The number of thiazole rings is 1. The lowest BCUT2D eigenvalue weighted by atomic mass is 10.2. The summed E-state index contributed by atoms with van der Waals surface area (Å²) in [5, 5.41) is 14.4. The van der Waals surface area contributed by atoms with E-state index in [1.807, 2.05) is 19.1 Å². The molecule has 0 spiro atoms. The van der Waals surface area contributed by atoms with Crippen LogP contribution in [0.25, 0.3) is 16.3 Å². The van der Waals surface area contributed by atoms with Crippen molar-refractivity contribution in [3.8, 4) is 0 Å². The molecule has 0 saturated heterocycles. The fraction of sp³-hybridized carbons (Fsp3) is 0.0588. The van der Waals surface area contributed by atoms with Gasteiger partial charge in [0.1, 0.15) is 0 Å². The summed E-state index contributed by atoms with van der Waals surface area (Å²) in [6.45, 7) is 1.94. The molecular weight excluding hydrogens is 326 g/mol. The number of nitro groups is 1. The number of non-ortho nitro benzene ring substituents is 1. The molecule has 2 aromatic carbocycles. The average Bonchev–Trinajstić information content (AvgIpc) is 2.92. The Balaban J connectivity index is 1.68. The number of hydrogen-bond acceptors (Lipinski definition) is 5. The molecule has 0 atom stereocenters. The number of carbonyl (C=O) groups is 1. The van der Waals surface area contributed by atoms with Crippen LogP contribution in [0.1, 0.15) is 10.6 Å². The van der Waals surface area contributed by atoms with Crippen molar-refractivity contribution in [2.75, 3.05) is 5.32 Å². The molecule has 1 aromatic heterocycles. The third-order valence-electron chi connectivity index (χ3n) is 3.29. The first kappa shape index (κ1) is 15.8. The number of nitrogens with one attached hydrogen (secondary N) is 1. The first-order valence-corrected chi connectivity index (χ1v) is 7.93. The van der Waals surface area contributed by atoms with E-state index in [1.165, 1.54) is 18.2 Å². The van der Waals surface area contributed by atoms with Crippen molar-refractivity contribution in [1.82, 2.24) is 4.98 Å². The minimum atomic E-state index is -0.461. The Morgan fingerprint density at radius 2 is 2.00 bits per heavy atom. The summed E-state index contributed by atoms with van der Waals surface area (Å²) in [7, 11) is 0. The normalized spacial score (nSPS) is 11.0. The van der Waals surface area contributed by atoms with Crippen molar-refractivity contribution in [2.24, 2.45) is 0 Å². The summed E-state index contributed by atoms with van der Waals surface area (Å²) in [5.41, 5.74) is 2.34. The molecule has 1 heterocycles. The number of aromatic nitrogens is 1. The first-order valence-electron chi connectivity index (χ1n) is 7.12. The third kappa shape index (κ3) is 3.64. The van der Waals surface area contributed by atoms with Crippen LogP contribution in [0.5, 0.6) is 0 Å². The second-order valence-corrected chi connectivity index (χ2v) is 6.32. The highest BCUT2D eigenvalue weighted by Gasteiger charge is 2.04. The number of amides is 1. The van der Waals surface area contributed by atoms with E-state index < -0.39 is 4.92 Å². The third-order valence-corrected chi connectivity index (χ3v) is 4.23. The average molecular weight is 339 g/mol. The van der Waals surface area contributed by atoms with E-state index >= 15 is 0 Å². The van der Waals surface area contributed by atoms with E-state index in [0.29, 0.717) is 11.3 Å². The summed E-state index contributed by atoms with van der Waals surface area (Å²) < 4.78 is 1.02. The molecule has 3 aromatic rings. The van der Waals surface area contributed by atoms with Crippen LogP contribution in [-0.2, 0) is 4.79 Å². The van der Waals surface area contributed by atoms with Crippen LogP contribution >= 0.6 is 11.3 Å². The summed E-state index contributed by atoms with van der Waals surface area (Å²) >= 11 is 1.57. The van der Waals surface area contributed by atoms with Gasteiger partial charge >= 0.3 is 0 Å². The minimum Gasteiger partial charge on any atom is -0.322 e. The second kappa shape index (κ2) is 6.59. The fourth-order valence-electron chi connectivity index (χ4n) is 2.18. The lowest BCUT2D eigenvalue weighted by Crippen LogP contribution is -2.07. The number of fused-ring (bicyclic) bond motifs is 1. The van der Waals surface area contributed by atoms with Gasteiger partial charge in [-0.3, -0.25) is 14.9 Å². The van der Waals surface area contributed by atoms with Crippen LogP contribution in [0.15, 0.2) is 48.5 Å². The van der Waals surface area contributed by atoms with Gasteiger partial charge in [0.25, 0.3) is 5.69 Å². The van der Waals surface area contributed by atoms with Crippen molar-refractivity contribution in [1.29, 1.82) is 0 Å². The van der Waals surface area contributed by atoms with Gasteiger partial charge < -0.3 is 5.32 Å². The van der Waals surface area contributed by atoms with Gasteiger partial charge in [-0.1, -0.05) is 0 Å². The van der Waals surface area contributed by atoms with Gasteiger partial charge in [-0.15, -0.1) is 11.3 Å². The van der Waals surface area contributed by atoms with Gasteiger partial charge in [0.15, 0.2) is 0 Å². The SMILES string of the molecule is Cc1nc2ccc(NC(=O)/C=C/c3ccc([N+](=O)[O-])cc3)cc2s1. The Labute approximate surface area is 141 Å². The number of nitrogens with zero attached hydrogens (tertiary/aromatic N) is 2. The van der Waals surface area contributed by atoms with Crippen molar-refractivity contribution < 1.29 is 9.72 Å². The van der Waals surface area contributed by atoms with Crippen LogP contribution in [0.3, 0.4) is 0 Å². The lowest BCUT2D eigenvalue weighted by Gasteiger charge is -2.01. The van der Waals surface area contributed by atoms with Gasteiger partial charge in [0.05, 0.1) is 20.1 Å². The Bertz CT molecular complexity index is 945. The van der Waals surface area contributed by atoms with Gasteiger partial charge in [-0.05, 0) is 48.9 Å². The predicted octanol–water partition coefficient (Wildman–Crippen LogP) is 4.16. The molecule has 0 aliphatic rings. The van der Waals surface area contributed by atoms with Crippen LogP contribution in [0.2, 0.25) is 0 Å². The van der Waals surface area contributed by atoms with Crippen LogP contribution < -0.4 is 5.32 Å². The maximum absolute atomic E-state index is 12.0. The number of carbonyl (C=O) groups excluding carboxylic acids is 1. The highest BCUT2D eigenvalue weighted by molar-refractivity contribution is 7.18. The number of benzene rings is 2. The van der Waals surface area contributed by atoms with Gasteiger partial charge in [0.2, 0.25) is 5.91 Å². The fourth-order valence-corrected chi connectivity index (χ4v) is 3.05. The Morgan fingerprint density at radius 1 is 1.25 bits per heavy atom. The number of anilines is 1. The summed E-state index contributed by atoms with van der Waals surface area (Å²) in [5.74, 6) is -0.269. The molecule has 0 fully saturated rings. The maximum Gasteiger partial charge on any atom is 0.269 e. The van der Waals surface area contributed by atoms with E-state index in [1.54, 1.807) is 35.6 Å². The molecule has 1 amide bonds. The Kier molecular flexibility index (Phi) is 4.35. The van der Waals surface area contributed by atoms with E-state index in [0.717, 1.165) is 15.2 Å². The maximum atomic E-state index is 12.0. The molecule has 0 unspecified atom stereocenters. The molecule has 0 saturated carbocycles. The highest BCUT2D eigenvalue weighted by atomic mass is 32.1. The predicted molar refractivity (Wildman–Crippen MR) is 95.1 cm³/mol. The molecule has 0 aliphatic heterocycles. The molecule has 24 heavy (non-hydrogen) atoms. The number of rotatable bonds is 4. The molecule has 0 aliphatic carbocycles. The van der Waals surface area contributed by atoms with E-state index in [9.17, 15) is 14.9 Å². The van der Waals surface area contributed by atoms with Crippen molar-refractivity contribution >= 4 is 44.9 Å². The minimum absolute atomic E-state index is 0.0183. The zero-order valence-corrected chi connectivity index (χ0v) is 13.5. The molecule has 7 heteroatoms.